The lowest BCUT2D eigenvalue weighted by Crippen LogP contribution is -2.13. The van der Waals surface area contributed by atoms with Crippen LogP contribution in [0.25, 0.3) is 11.1 Å². The van der Waals surface area contributed by atoms with Crippen molar-refractivity contribution < 1.29 is 18.0 Å². The molecule has 0 N–H and O–H groups in total. The molecule has 7 heteroatoms. The molecule has 1 aromatic carbocycles. The van der Waals surface area contributed by atoms with Gasteiger partial charge < -0.3 is 0 Å². The van der Waals surface area contributed by atoms with Crippen LogP contribution in [-0.2, 0) is 6.18 Å². The molecule has 0 bridgehead atoms. The number of nitrogens with zero attached hydrogens (tertiary/aromatic N) is 3. The number of hydrogen-bond acceptors (Lipinski definition) is 4. The molecule has 3 rings (SSSR count). The number of aromatic nitrogens is 2. The summed E-state index contributed by atoms with van der Waals surface area (Å²) >= 11 is 0. The molecule has 1 heterocycles. The van der Waals surface area contributed by atoms with Crippen LogP contribution in [0.5, 0.6) is 0 Å². The van der Waals surface area contributed by atoms with E-state index < -0.39 is 17.8 Å². The molecule has 0 spiro atoms. The summed E-state index contributed by atoms with van der Waals surface area (Å²) in [4.78, 5) is 18.9. The molecule has 0 amide bonds. The monoisotopic (exact) mass is 289 g/mol. The van der Waals surface area contributed by atoms with Crippen molar-refractivity contribution in [1.29, 1.82) is 5.26 Å². The van der Waals surface area contributed by atoms with E-state index in [1.54, 1.807) is 13.0 Å². The number of nitriles is 1. The molecule has 0 saturated heterocycles. The maximum absolute atomic E-state index is 12.6. The number of fused-ring (bicyclic) bond motifs is 3. The van der Waals surface area contributed by atoms with E-state index in [4.69, 9.17) is 5.26 Å². The van der Waals surface area contributed by atoms with Crippen molar-refractivity contribution in [1.82, 2.24) is 9.97 Å². The highest BCUT2D eigenvalue weighted by atomic mass is 19.4. The van der Waals surface area contributed by atoms with E-state index in [1.165, 1.54) is 6.07 Å². The average molecular weight is 289 g/mol. The number of hydrogen-bond donors (Lipinski definition) is 0. The van der Waals surface area contributed by atoms with Crippen LogP contribution >= 0.6 is 0 Å². The predicted octanol–water partition coefficient (Wildman–Crippen LogP) is 2.89. The van der Waals surface area contributed by atoms with Crippen molar-refractivity contribution in [2.45, 2.75) is 13.1 Å². The maximum atomic E-state index is 12.6. The summed E-state index contributed by atoms with van der Waals surface area (Å²) in [7, 11) is 0. The van der Waals surface area contributed by atoms with Crippen molar-refractivity contribution in [3.63, 3.8) is 0 Å². The van der Waals surface area contributed by atoms with Crippen LogP contribution in [-0.4, -0.2) is 15.8 Å². The standard InChI is InChI=1S/C14H6F3N3O/c1-6-2-7(4-18)3-8-10(6)9-5-19-13(14(15,16)17)20-11(9)12(8)21/h2-3,5H,1H3. The molecular weight excluding hydrogens is 283 g/mol. The van der Waals surface area contributed by atoms with Gasteiger partial charge in [-0.1, -0.05) is 0 Å². The van der Waals surface area contributed by atoms with E-state index in [0.717, 1.165) is 6.20 Å². The SMILES string of the molecule is Cc1cc(C#N)cc2c1-c1cnc(C(F)(F)F)nc1C2=O. The van der Waals surface area contributed by atoms with Crippen LogP contribution in [0.4, 0.5) is 13.2 Å². The number of rotatable bonds is 0. The Morgan fingerprint density at radius 1 is 1.24 bits per heavy atom. The summed E-state index contributed by atoms with van der Waals surface area (Å²) in [6, 6.07) is 4.84. The number of benzene rings is 1. The molecule has 0 aliphatic heterocycles. The summed E-state index contributed by atoms with van der Waals surface area (Å²) in [5.41, 5.74) is 1.57. The van der Waals surface area contributed by atoms with Crippen molar-refractivity contribution in [3.05, 3.63) is 46.5 Å². The third-order valence-corrected chi connectivity index (χ3v) is 3.24. The van der Waals surface area contributed by atoms with Crippen LogP contribution in [0.1, 0.15) is 33.0 Å². The minimum Gasteiger partial charge on any atom is -0.287 e. The molecule has 0 saturated carbocycles. The molecule has 0 radical (unpaired) electrons. The minimum absolute atomic E-state index is 0.190. The van der Waals surface area contributed by atoms with E-state index >= 15 is 0 Å². The Labute approximate surface area is 116 Å². The lowest BCUT2D eigenvalue weighted by molar-refractivity contribution is -0.145. The van der Waals surface area contributed by atoms with Gasteiger partial charge in [0.1, 0.15) is 5.69 Å². The molecule has 104 valence electrons. The van der Waals surface area contributed by atoms with Gasteiger partial charge in [-0.15, -0.1) is 0 Å². The van der Waals surface area contributed by atoms with Crippen molar-refractivity contribution in [2.24, 2.45) is 0 Å². The van der Waals surface area contributed by atoms with Gasteiger partial charge >= 0.3 is 6.18 Å². The van der Waals surface area contributed by atoms with Gasteiger partial charge in [-0.3, -0.25) is 4.79 Å². The first-order valence-corrected chi connectivity index (χ1v) is 5.87. The lowest BCUT2D eigenvalue weighted by Gasteiger charge is -2.06. The quantitative estimate of drug-likeness (QED) is 0.638. The van der Waals surface area contributed by atoms with Gasteiger partial charge in [0.05, 0.1) is 11.6 Å². The Morgan fingerprint density at radius 3 is 2.57 bits per heavy atom. The highest BCUT2D eigenvalue weighted by Crippen LogP contribution is 2.39. The zero-order valence-corrected chi connectivity index (χ0v) is 10.6. The van der Waals surface area contributed by atoms with Gasteiger partial charge in [0.2, 0.25) is 11.6 Å². The second kappa shape index (κ2) is 4.12. The molecular formula is C14H6F3N3O. The predicted molar refractivity (Wildman–Crippen MR) is 65.4 cm³/mol. The van der Waals surface area contributed by atoms with Crippen LogP contribution in [0.3, 0.4) is 0 Å². The normalized spacial score (nSPS) is 12.8. The Kier molecular flexibility index (Phi) is 2.60. The van der Waals surface area contributed by atoms with Gasteiger partial charge in [-0.2, -0.15) is 18.4 Å². The third kappa shape index (κ3) is 1.88. The topological polar surface area (TPSA) is 66.6 Å². The smallest absolute Gasteiger partial charge is 0.287 e. The minimum atomic E-state index is -4.71. The van der Waals surface area contributed by atoms with Crippen LogP contribution < -0.4 is 0 Å². The van der Waals surface area contributed by atoms with Gasteiger partial charge in [-0.25, -0.2) is 9.97 Å². The van der Waals surface area contributed by atoms with E-state index in [0.29, 0.717) is 11.1 Å². The highest BCUT2D eigenvalue weighted by molar-refractivity contribution is 6.21. The van der Waals surface area contributed by atoms with Gasteiger partial charge in [0, 0.05) is 17.3 Å². The first-order valence-electron chi connectivity index (χ1n) is 5.87. The molecule has 21 heavy (non-hydrogen) atoms. The Balaban J connectivity index is 2.27. The van der Waals surface area contributed by atoms with Gasteiger partial charge in [0.25, 0.3) is 0 Å². The zero-order chi connectivity index (χ0) is 15.4. The third-order valence-electron chi connectivity index (χ3n) is 3.24. The van der Waals surface area contributed by atoms with E-state index in [-0.39, 0.29) is 22.4 Å². The molecule has 0 fully saturated rings. The summed E-state index contributed by atoms with van der Waals surface area (Å²) in [5.74, 6) is -1.96. The fourth-order valence-corrected chi connectivity index (χ4v) is 2.39. The Hall–Kier alpha value is -2.75. The first-order chi connectivity index (χ1) is 9.82. The molecule has 1 aromatic heterocycles. The summed E-state index contributed by atoms with van der Waals surface area (Å²) in [6.07, 6.45) is -3.70. The molecule has 0 atom stereocenters. The summed E-state index contributed by atoms with van der Waals surface area (Å²) in [5, 5.41) is 8.91. The summed E-state index contributed by atoms with van der Waals surface area (Å²) < 4.78 is 37.9. The Bertz CT molecular complexity index is 835. The number of carbonyl (C=O) groups excluding carboxylic acids is 1. The Morgan fingerprint density at radius 2 is 1.95 bits per heavy atom. The molecule has 1 aliphatic rings. The van der Waals surface area contributed by atoms with Crippen LogP contribution in [0.15, 0.2) is 18.3 Å². The fraction of sp³-hybridized carbons (Fsp3) is 0.143. The summed E-state index contributed by atoms with van der Waals surface area (Å²) in [6.45, 7) is 1.68. The van der Waals surface area contributed by atoms with Gasteiger partial charge in [0.15, 0.2) is 0 Å². The maximum Gasteiger partial charge on any atom is 0.451 e. The van der Waals surface area contributed by atoms with Crippen molar-refractivity contribution >= 4 is 5.78 Å². The van der Waals surface area contributed by atoms with Crippen LogP contribution in [0.2, 0.25) is 0 Å². The number of ketones is 1. The fourth-order valence-electron chi connectivity index (χ4n) is 2.39. The van der Waals surface area contributed by atoms with Crippen molar-refractivity contribution in [2.75, 3.05) is 0 Å². The highest BCUT2D eigenvalue weighted by Gasteiger charge is 2.38. The number of halogens is 3. The molecule has 4 nitrogen and oxygen atoms in total. The van der Waals surface area contributed by atoms with Crippen molar-refractivity contribution in [3.8, 4) is 17.2 Å². The molecule has 0 unspecified atom stereocenters. The average Bonchev–Trinajstić information content (AvgIpc) is 2.71. The number of alkyl halides is 3. The molecule has 2 aromatic rings. The first kappa shape index (κ1) is 13.2. The van der Waals surface area contributed by atoms with E-state index in [1.807, 2.05) is 6.07 Å². The second-order valence-electron chi connectivity index (χ2n) is 4.61. The zero-order valence-electron chi connectivity index (χ0n) is 10.6. The largest absolute Gasteiger partial charge is 0.451 e. The van der Waals surface area contributed by atoms with E-state index in [9.17, 15) is 18.0 Å². The number of aryl methyl sites for hydroxylation is 1. The van der Waals surface area contributed by atoms with E-state index in [2.05, 4.69) is 9.97 Å². The van der Waals surface area contributed by atoms with Crippen LogP contribution in [0, 0.1) is 18.3 Å². The lowest BCUT2D eigenvalue weighted by atomic mass is 9.99. The second-order valence-corrected chi connectivity index (χ2v) is 4.61. The molecule has 1 aliphatic carbocycles. The number of carbonyl (C=O) groups is 1. The van der Waals surface area contributed by atoms with Gasteiger partial charge in [-0.05, 0) is 30.2 Å².